The van der Waals surface area contributed by atoms with Crippen LogP contribution in [0.25, 0.3) is 0 Å². The molecule has 0 unspecified atom stereocenters. The minimum Gasteiger partial charge on any atom is -0.490 e. The van der Waals surface area contributed by atoms with Crippen LogP contribution in [0.5, 0.6) is 11.5 Å². The summed E-state index contributed by atoms with van der Waals surface area (Å²) in [4.78, 5) is 13.7. The molecule has 0 atom stereocenters. The van der Waals surface area contributed by atoms with Crippen LogP contribution in [0, 0.1) is 0 Å². The van der Waals surface area contributed by atoms with Gasteiger partial charge in [-0.1, -0.05) is 0 Å². The van der Waals surface area contributed by atoms with E-state index in [2.05, 4.69) is 14.8 Å². The standard InChI is InChI=1S/C21H27N5O4S/c27-31(28,17-4-5-18-19(16-17)30-15-3-14-29-18)26-12-10-24(11-13-26)20-6-7-22-21(23-20)25-8-1-2-9-25/h4-7,16H,1-3,8-15H2. The van der Waals surface area contributed by atoms with Crippen molar-refractivity contribution in [3.05, 3.63) is 30.5 Å². The Hall–Kier alpha value is -2.59. The van der Waals surface area contributed by atoms with E-state index in [9.17, 15) is 8.42 Å². The van der Waals surface area contributed by atoms with Crippen LogP contribution < -0.4 is 19.3 Å². The molecule has 9 nitrogen and oxygen atoms in total. The Bertz CT molecular complexity index is 1030. The van der Waals surface area contributed by atoms with Gasteiger partial charge in [0.05, 0.1) is 18.1 Å². The number of ether oxygens (including phenoxy) is 2. The van der Waals surface area contributed by atoms with E-state index < -0.39 is 10.0 Å². The Labute approximate surface area is 182 Å². The molecule has 2 aromatic rings. The van der Waals surface area contributed by atoms with E-state index in [0.29, 0.717) is 50.9 Å². The van der Waals surface area contributed by atoms with Crippen molar-refractivity contribution in [2.24, 2.45) is 0 Å². The number of piperazine rings is 1. The summed E-state index contributed by atoms with van der Waals surface area (Å²) in [6.07, 6.45) is 4.91. The fraction of sp³-hybridized carbons (Fsp3) is 0.524. The van der Waals surface area contributed by atoms with Gasteiger partial charge < -0.3 is 19.3 Å². The number of hydrogen-bond donors (Lipinski definition) is 0. The predicted octanol–water partition coefficient (Wildman–Crippen LogP) is 1.75. The Balaban J connectivity index is 1.28. The minimum atomic E-state index is -3.60. The second-order valence-corrected chi connectivity index (χ2v) is 9.90. The largest absolute Gasteiger partial charge is 0.490 e. The van der Waals surface area contributed by atoms with Crippen molar-refractivity contribution in [3.8, 4) is 11.5 Å². The van der Waals surface area contributed by atoms with E-state index in [1.54, 1.807) is 24.4 Å². The highest BCUT2D eigenvalue weighted by Crippen LogP contribution is 2.33. The lowest BCUT2D eigenvalue weighted by Gasteiger charge is -2.35. The van der Waals surface area contributed by atoms with Gasteiger partial charge in [0.25, 0.3) is 0 Å². The Morgan fingerprint density at radius 2 is 1.55 bits per heavy atom. The molecule has 0 amide bonds. The Kier molecular flexibility index (Phi) is 5.58. The zero-order valence-electron chi connectivity index (χ0n) is 17.4. The van der Waals surface area contributed by atoms with Gasteiger partial charge in [0, 0.05) is 58.0 Å². The normalized spacial score (nSPS) is 20.0. The fourth-order valence-corrected chi connectivity index (χ4v) is 5.63. The fourth-order valence-electron chi connectivity index (χ4n) is 4.20. The van der Waals surface area contributed by atoms with Crippen molar-refractivity contribution in [1.29, 1.82) is 0 Å². The predicted molar refractivity (Wildman–Crippen MR) is 116 cm³/mol. The summed E-state index contributed by atoms with van der Waals surface area (Å²) in [5.41, 5.74) is 0. The van der Waals surface area contributed by atoms with Gasteiger partial charge in [-0.3, -0.25) is 0 Å². The first kappa shape index (κ1) is 20.3. The number of aromatic nitrogens is 2. The van der Waals surface area contributed by atoms with Gasteiger partial charge in [0.15, 0.2) is 11.5 Å². The summed E-state index contributed by atoms with van der Waals surface area (Å²) in [6.45, 7) is 5.05. The Morgan fingerprint density at radius 3 is 2.32 bits per heavy atom. The summed E-state index contributed by atoms with van der Waals surface area (Å²) in [7, 11) is -3.60. The molecule has 3 aliphatic heterocycles. The number of rotatable bonds is 4. The van der Waals surface area contributed by atoms with Crippen LogP contribution in [0.2, 0.25) is 0 Å². The SMILES string of the molecule is O=S(=O)(c1ccc2c(c1)OCCCO2)N1CCN(c2ccnc(N3CCCC3)n2)CC1. The zero-order chi connectivity index (χ0) is 21.3. The molecule has 0 aliphatic carbocycles. The first-order valence-corrected chi connectivity index (χ1v) is 12.3. The summed E-state index contributed by atoms with van der Waals surface area (Å²) < 4.78 is 39.2. The maximum absolute atomic E-state index is 13.2. The molecular formula is C21H27N5O4S. The van der Waals surface area contributed by atoms with Crippen LogP contribution in [0.4, 0.5) is 11.8 Å². The maximum Gasteiger partial charge on any atom is 0.243 e. The van der Waals surface area contributed by atoms with E-state index >= 15 is 0 Å². The first-order chi connectivity index (χ1) is 15.1. The quantitative estimate of drug-likeness (QED) is 0.703. The molecule has 4 heterocycles. The molecule has 166 valence electrons. The molecule has 2 saturated heterocycles. The highest BCUT2D eigenvalue weighted by molar-refractivity contribution is 7.89. The van der Waals surface area contributed by atoms with E-state index in [4.69, 9.17) is 14.5 Å². The maximum atomic E-state index is 13.2. The molecule has 1 aromatic heterocycles. The minimum absolute atomic E-state index is 0.239. The molecule has 10 heteroatoms. The molecular weight excluding hydrogens is 418 g/mol. The van der Waals surface area contributed by atoms with Crippen LogP contribution >= 0.6 is 0 Å². The average Bonchev–Trinajstić information content (AvgIpc) is 3.24. The summed E-state index contributed by atoms with van der Waals surface area (Å²) in [5, 5.41) is 0. The molecule has 0 radical (unpaired) electrons. The topological polar surface area (TPSA) is 88.1 Å². The van der Waals surface area contributed by atoms with Crippen molar-refractivity contribution in [1.82, 2.24) is 14.3 Å². The van der Waals surface area contributed by atoms with Gasteiger partial charge in [-0.25, -0.2) is 13.4 Å². The Morgan fingerprint density at radius 1 is 0.806 bits per heavy atom. The van der Waals surface area contributed by atoms with Crippen LogP contribution in [0.3, 0.4) is 0 Å². The van der Waals surface area contributed by atoms with Crippen LogP contribution in [0.1, 0.15) is 19.3 Å². The molecule has 31 heavy (non-hydrogen) atoms. The number of nitrogens with zero attached hydrogens (tertiary/aromatic N) is 5. The van der Waals surface area contributed by atoms with Gasteiger partial charge in [-0.15, -0.1) is 0 Å². The third-order valence-electron chi connectivity index (χ3n) is 5.94. The van der Waals surface area contributed by atoms with Gasteiger partial charge in [-0.2, -0.15) is 9.29 Å². The smallest absolute Gasteiger partial charge is 0.243 e. The molecule has 2 fully saturated rings. The summed E-state index contributed by atoms with van der Waals surface area (Å²) >= 11 is 0. The highest BCUT2D eigenvalue weighted by Gasteiger charge is 2.30. The van der Waals surface area contributed by atoms with E-state index in [1.165, 1.54) is 17.1 Å². The van der Waals surface area contributed by atoms with E-state index in [1.807, 2.05) is 6.07 Å². The highest BCUT2D eigenvalue weighted by atomic mass is 32.2. The van der Waals surface area contributed by atoms with Crippen LogP contribution in [-0.2, 0) is 10.0 Å². The summed E-state index contributed by atoms with van der Waals surface area (Å²) in [5.74, 6) is 2.70. The first-order valence-electron chi connectivity index (χ1n) is 10.8. The van der Waals surface area contributed by atoms with Crippen molar-refractivity contribution in [2.45, 2.75) is 24.2 Å². The van der Waals surface area contributed by atoms with E-state index in [0.717, 1.165) is 31.3 Å². The van der Waals surface area contributed by atoms with Crippen molar-refractivity contribution in [3.63, 3.8) is 0 Å². The van der Waals surface area contributed by atoms with Gasteiger partial charge in [-0.05, 0) is 31.0 Å². The summed E-state index contributed by atoms with van der Waals surface area (Å²) in [6, 6.07) is 6.76. The van der Waals surface area contributed by atoms with Crippen LogP contribution in [0.15, 0.2) is 35.4 Å². The molecule has 0 saturated carbocycles. The molecule has 0 N–H and O–H groups in total. The van der Waals surface area contributed by atoms with Gasteiger partial charge in [0.1, 0.15) is 5.82 Å². The van der Waals surface area contributed by atoms with Crippen molar-refractivity contribution >= 4 is 21.8 Å². The lowest BCUT2D eigenvalue weighted by Crippen LogP contribution is -2.49. The molecule has 3 aliphatic rings. The monoisotopic (exact) mass is 445 g/mol. The third-order valence-corrected chi connectivity index (χ3v) is 7.83. The lowest BCUT2D eigenvalue weighted by atomic mass is 10.3. The molecule has 0 spiro atoms. The number of hydrogen-bond acceptors (Lipinski definition) is 8. The third kappa shape index (κ3) is 4.14. The molecule has 0 bridgehead atoms. The van der Waals surface area contributed by atoms with Crippen molar-refractivity contribution < 1.29 is 17.9 Å². The molecule has 1 aromatic carbocycles. The number of fused-ring (bicyclic) bond motifs is 1. The second kappa shape index (κ2) is 8.51. The lowest BCUT2D eigenvalue weighted by molar-refractivity contribution is 0.296. The average molecular weight is 446 g/mol. The van der Waals surface area contributed by atoms with Gasteiger partial charge >= 0.3 is 0 Å². The second-order valence-electron chi connectivity index (χ2n) is 7.96. The van der Waals surface area contributed by atoms with Crippen molar-refractivity contribution in [2.75, 3.05) is 62.3 Å². The number of sulfonamides is 1. The van der Waals surface area contributed by atoms with Crippen LogP contribution in [-0.4, -0.2) is 75.2 Å². The zero-order valence-corrected chi connectivity index (χ0v) is 18.3. The number of anilines is 2. The van der Waals surface area contributed by atoms with Gasteiger partial charge in [0.2, 0.25) is 16.0 Å². The number of benzene rings is 1. The van der Waals surface area contributed by atoms with E-state index in [-0.39, 0.29) is 4.90 Å². The molecule has 5 rings (SSSR count).